The van der Waals surface area contributed by atoms with E-state index in [9.17, 15) is 23.6 Å². The molecule has 35 heavy (non-hydrogen) atoms. The molecule has 1 aliphatic heterocycles. The van der Waals surface area contributed by atoms with Crippen molar-refractivity contribution in [1.29, 1.82) is 0 Å². The van der Waals surface area contributed by atoms with E-state index in [0.717, 1.165) is 0 Å². The number of primary amides is 1. The van der Waals surface area contributed by atoms with Gasteiger partial charge in [-0.05, 0) is 43.0 Å². The van der Waals surface area contributed by atoms with Crippen molar-refractivity contribution in [2.45, 2.75) is 24.8 Å². The molecule has 3 aromatic rings. The van der Waals surface area contributed by atoms with Gasteiger partial charge in [-0.3, -0.25) is 24.7 Å². The van der Waals surface area contributed by atoms with Crippen LogP contribution in [-0.4, -0.2) is 35.7 Å². The Kier molecular flexibility index (Phi) is 5.12. The summed E-state index contributed by atoms with van der Waals surface area (Å²) < 4.78 is 25.4. The number of hydrogen-bond acceptors (Lipinski definition) is 7. The standard InChI is InChI=1S/C24H19FN4O6/c1-34-16-3-2-12-6-11(7-15(30)19(12)20(16)25)4-5-24(22(32)28-23(33)29-24)18-9-14-17(35-18)8-13(10-27-14)21(26)31/h2-3,7-10H,4-6H2,1H3,(H2,26,31)(H2,28,29,32,33). The molecule has 4 N–H and O–H groups in total. The lowest BCUT2D eigenvalue weighted by Crippen LogP contribution is -2.43. The Morgan fingerprint density at radius 2 is 2.09 bits per heavy atom. The van der Waals surface area contributed by atoms with Gasteiger partial charge in [0.1, 0.15) is 11.3 Å². The molecule has 1 fully saturated rings. The number of ether oxygens (including phenoxy) is 1. The zero-order valence-electron chi connectivity index (χ0n) is 18.4. The number of aromatic nitrogens is 1. The molecular formula is C24H19FN4O6. The lowest BCUT2D eigenvalue weighted by atomic mass is 9.83. The van der Waals surface area contributed by atoms with Crippen LogP contribution in [0.4, 0.5) is 9.18 Å². The molecule has 0 radical (unpaired) electrons. The number of nitrogens with one attached hydrogen (secondary N) is 2. The number of benzene rings is 1. The molecule has 4 amide bonds. The van der Waals surface area contributed by atoms with E-state index in [2.05, 4.69) is 15.6 Å². The first-order valence-electron chi connectivity index (χ1n) is 10.6. The number of hydrogen-bond donors (Lipinski definition) is 3. The number of nitrogens with zero attached hydrogens (tertiary/aromatic N) is 1. The minimum Gasteiger partial charge on any atom is -0.494 e. The lowest BCUT2D eigenvalue weighted by Gasteiger charge is -2.25. The maximum atomic E-state index is 14.6. The monoisotopic (exact) mass is 478 g/mol. The van der Waals surface area contributed by atoms with Gasteiger partial charge in [0.05, 0.1) is 18.2 Å². The van der Waals surface area contributed by atoms with Gasteiger partial charge in [0, 0.05) is 12.3 Å². The van der Waals surface area contributed by atoms with E-state index in [0.29, 0.717) is 16.7 Å². The van der Waals surface area contributed by atoms with Gasteiger partial charge in [0.2, 0.25) is 5.91 Å². The minimum absolute atomic E-state index is 0.0174. The van der Waals surface area contributed by atoms with Crippen molar-refractivity contribution in [3.63, 3.8) is 0 Å². The summed E-state index contributed by atoms with van der Waals surface area (Å²) in [6.07, 6.45) is 3.20. The average molecular weight is 478 g/mol. The highest BCUT2D eigenvalue weighted by molar-refractivity contribution is 6.08. The van der Waals surface area contributed by atoms with E-state index in [1.165, 1.54) is 37.6 Å². The van der Waals surface area contributed by atoms with Crippen LogP contribution in [-0.2, 0) is 16.8 Å². The summed E-state index contributed by atoms with van der Waals surface area (Å²) in [7, 11) is 1.32. The van der Waals surface area contributed by atoms with Crippen LogP contribution >= 0.6 is 0 Å². The molecule has 1 aromatic carbocycles. The van der Waals surface area contributed by atoms with E-state index in [-0.39, 0.29) is 47.5 Å². The molecule has 1 unspecified atom stereocenters. The number of nitrogens with two attached hydrogens (primary N) is 1. The van der Waals surface area contributed by atoms with E-state index in [1.807, 2.05) is 0 Å². The highest BCUT2D eigenvalue weighted by Gasteiger charge is 2.50. The summed E-state index contributed by atoms with van der Waals surface area (Å²) in [5.41, 5.74) is 5.56. The molecule has 2 aromatic heterocycles. The SMILES string of the molecule is COc1ccc2c(c1F)C(=O)C=C(CCC1(c3cc4ncc(C(N)=O)cc4o3)NC(=O)NC1=O)C2. The fourth-order valence-corrected chi connectivity index (χ4v) is 4.46. The first kappa shape index (κ1) is 22.3. The summed E-state index contributed by atoms with van der Waals surface area (Å²) >= 11 is 0. The van der Waals surface area contributed by atoms with Crippen molar-refractivity contribution >= 4 is 34.7 Å². The minimum atomic E-state index is -1.57. The third-order valence-corrected chi connectivity index (χ3v) is 6.25. The molecule has 11 heteroatoms. The van der Waals surface area contributed by atoms with Gasteiger partial charge in [0.25, 0.3) is 5.91 Å². The average Bonchev–Trinajstić information content (AvgIpc) is 3.37. The maximum Gasteiger partial charge on any atom is 0.322 e. The van der Waals surface area contributed by atoms with Crippen LogP contribution in [0.1, 0.15) is 44.9 Å². The topological polar surface area (TPSA) is 154 Å². The second-order valence-electron chi connectivity index (χ2n) is 8.36. The third kappa shape index (κ3) is 3.61. The number of carbonyl (C=O) groups is 4. The predicted octanol–water partition coefficient (Wildman–Crippen LogP) is 2.25. The highest BCUT2D eigenvalue weighted by Crippen LogP contribution is 2.37. The summed E-state index contributed by atoms with van der Waals surface area (Å²) in [6.45, 7) is 0. The Labute approximate surface area is 197 Å². The van der Waals surface area contributed by atoms with Gasteiger partial charge in [-0.1, -0.05) is 11.6 Å². The van der Waals surface area contributed by atoms with Crippen LogP contribution in [0.2, 0.25) is 0 Å². The fraction of sp³-hybridized carbons (Fsp3) is 0.208. The van der Waals surface area contributed by atoms with Crippen LogP contribution in [0.3, 0.4) is 0 Å². The maximum absolute atomic E-state index is 14.6. The fourth-order valence-electron chi connectivity index (χ4n) is 4.46. The van der Waals surface area contributed by atoms with Gasteiger partial charge in [0.15, 0.2) is 28.5 Å². The Morgan fingerprint density at radius 1 is 1.29 bits per heavy atom. The third-order valence-electron chi connectivity index (χ3n) is 6.25. The number of allylic oxidation sites excluding steroid dienone is 2. The van der Waals surface area contributed by atoms with Crippen molar-refractivity contribution < 1.29 is 32.7 Å². The first-order valence-corrected chi connectivity index (χ1v) is 10.6. The van der Waals surface area contributed by atoms with Crippen molar-refractivity contribution in [2.75, 3.05) is 7.11 Å². The second-order valence-corrected chi connectivity index (χ2v) is 8.36. The Bertz CT molecular complexity index is 1480. The molecule has 0 bridgehead atoms. The Balaban J connectivity index is 1.46. The molecule has 2 aliphatic rings. The van der Waals surface area contributed by atoms with Crippen LogP contribution < -0.4 is 21.1 Å². The van der Waals surface area contributed by atoms with Crippen molar-refractivity contribution in [3.05, 3.63) is 70.4 Å². The normalized spacial score (nSPS) is 19.3. The van der Waals surface area contributed by atoms with Gasteiger partial charge in [-0.25, -0.2) is 9.18 Å². The van der Waals surface area contributed by atoms with Crippen molar-refractivity contribution in [2.24, 2.45) is 5.73 Å². The number of rotatable bonds is 6. The van der Waals surface area contributed by atoms with E-state index in [1.54, 1.807) is 6.07 Å². The van der Waals surface area contributed by atoms with E-state index in [4.69, 9.17) is 14.9 Å². The molecule has 1 saturated heterocycles. The number of halogens is 1. The van der Waals surface area contributed by atoms with Crippen LogP contribution in [0.15, 0.2) is 46.5 Å². The number of pyridine rings is 1. The number of urea groups is 1. The second kappa shape index (κ2) is 8.05. The number of carbonyl (C=O) groups excluding carboxylic acids is 4. The Hall–Kier alpha value is -4.54. The molecule has 178 valence electrons. The number of amides is 4. The van der Waals surface area contributed by atoms with Gasteiger partial charge < -0.3 is 20.2 Å². The number of imide groups is 1. The first-order chi connectivity index (χ1) is 16.7. The van der Waals surface area contributed by atoms with Crippen molar-refractivity contribution in [3.8, 4) is 5.75 Å². The van der Waals surface area contributed by atoms with E-state index < -0.39 is 35.0 Å². The quantitative estimate of drug-likeness (QED) is 0.459. The smallest absolute Gasteiger partial charge is 0.322 e. The van der Waals surface area contributed by atoms with Gasteiger partial charge >= 0.3 is 6.03 Å². The van der Waals surface area contributed by atoms with Crippen molar-refractivity contribution in [1.82, 2.24) is 15.6 Å². The van der Waals surface area contributed by atoms with Gasteiger partial charge in [-0.15, -0.1) is 0 Å². The lowest BCUT2D eigenvalue weighted by molar-refractivity contribution is -0.125. The van der Waals surface area contributed by atoms with Crippen LogP contribution in [0, 0.1) is 5.82 Å². The number of furan rings is 1. The summed E-state index contributed by atoms with van der Waals surface area (Å²) in [5.74, 6) is -2.44. The molecule has 10 nitrogen and oxygen atoms in total. The predicted molar refractivity (Wildman–Crippen MR) is 119 cm³/mol. The number of fused-ring (bicyclic) bond motifs is 2. The molecule has 0 spiro atoms. The highest BCUT2D eigenvalue weighted by atomic mass is 19.1. The van der Waals surface area contributed by atoms with Gasteiger partial charge in [-0.2, -0.15) is 0 Å². The van der Waals surface area contributed by atoms with Crippen LogP contribution in [0.25, 0.3) is 11.1 Å². The van der Waals surface area contributed by atoms with E-state index >= 15 is 0 Å². The number of ketones is 1. The summed E-state index contributed by atoms with van der Waals surface area (Å²) in [6, 6.07) is 5.29. The zero-order chi connectivity index (χ0) is 24.9. The molecule has 1 atom stereocenters. The molecular weight excluding hydrogens is 459 g/mol. The number of methoxy groups -OCH3 is 1. The Morgan fingerprint density at radius 3 is 2.77 bits per heavy atom. The molecule has 3 heterocycles. The summed E-state index contributed by atoms with van der Waals surface area (Å²) in [4.78, 5) is 53.3. The zero-order valence-corrected chi connectivity index (χ0v) is 18.4. The molecule has 0 saturated carbocycles. The largest absolute Gasteiger partial charge is 0.494 e. The molecule has 5 rings (SSSR count). The van der Waals surface area contributed by atoms with Crippen LogP contribution in [0.5, 0.6) is 5.75 Å². The summed E-state index contributed by atoms with van der Waals surface area (Å²) in [5, 5.41) is 4.84. The molecule has 1 aliphatic carbocycles.